The lowest BCUT2D eigenvalue weighted by Crippen LogP contribution is -2.46. The van der Waals surface area contributed by atoms with Crippen LogP contribution >= 0.6 is 11.6 Å². The average Bonchev–Trinajstić information content (AvgIpc) is 3.41. The molecule has 1 aliphatic heterocycles. The second-order valence-electron chi connectivity index (χ2n) is 8.93. The molecule has 1 heterocycles. The van der Waals surface area contributed by atoms with E-state index >= 15 is 0 Å². The van der Waals surface area contributed by atoms with E-state index in [9.17, 15) is 14.0 Å². The fourth-order valence-electron chi connectivity index (χ4n) is 4.74. The fourth-order valence-corrected chi connectivity index (χ4v) is 4.97. The summed E-state index contributed by atoms with van der Waals surface area (Å²) in [5, 5.41) is 3.41. The number of para-hydroxylation sites is 1. The van der Waals surface area contributed by atoms with Crippen LogP contribution in [0.15, 0.2) is 66.7 Å². The quantitative estimate of drug-likeness (QED) is 0.464. The highest BCUT2D eigenvalue weighted by Gasteiger charge is 2.36. The number of nitrogens with zero attached hydrogens (tertiary/aromatic N) is 1. The third-order valence-electron chi connectivity index (χ3n) is 6.51. The summed E-state index contributed by atoms with van der Waals surface area (Å²) in [4.78, 5) is 29.3. The molecule has 6 nitrogen and oxygen atoms in total. The molecule has 0 saturated heterocycles. The van der Waals surface area contributed by atoms with Gasteiger partial charge in [-0.15, -0.1) is 0 Å². The Morgan fingerprint density at radius 1 is 0.944 bits per heavy atom. The highest BCUT2D eigenvalue weighted by molar-refractivity contribution is 6.34. The van der Waals surface area contributed by atoms with Gasteiger partial charge in [-0.2, -0.15) is 0 Å². The number of benzene rings is 3. The lowest BCUT2D eigenvalue weighted by atomic mass is 10.0. The Kier molecular flexibility index (Phi) is 7.09. The number of rotatable bonds is 6. The molecule has 0 radical (unpaired) electrons. The first-order chi connectivity index (χ1) is 17.5. The van der Waals surface area contributed by atoms with Crippen LogP contribution in [-0.2, 0) is 4.79 Å². The number of hydrogen-bond acceptors (Lipinski definition) is 4. The molecule has 3 aromatic carbocycles. The van der Waals surface area contributed by atoms with E-state index in [1.54, 1.807) is 42.5 Å². The Labute approximate surface area is 214 Å². The second kappa shape index (κ2) is 10.6. The van der Waals surface area contributed by atoms with E-state index < -0.39 is 17.8 Å². The van der Waals surface area contributed by atoms with Crippen LogP contribution in [-0.4, -0.2) is 31.1 Å². The maximum Gasteiger partial charge on any atom is 0.259 e. The molecule has 3 aromatic rings. The number of halogens is 2. The zero-order valence-electron chi connectivity index (χ0n) is 19.6. The van der Waals surface area contributed by atoms with Gasteiger partial charge in [-0.25, -0.2) is 4.39 Å². The Morgan fingerprint density at radius 3 is 2.36 bits per heavy atom. The monoisotopic (exact) mass is 508 g/mol. The van der Waals surface area contributed by atoms with Gasteiger partial charge in [0.15, 0.2) is 11.5 Å². The first kappa shape index (κ1) is 24.1. The van der Waals surface area contributed by atoms with Crippen molar-refractivity contribution in [1.82, 2.24) is 5.32 Å². The zero-order valence-corrected chi connectivity index (χ0v) is 20.3. The number of amides is 2. The summed E-state index contributed by atoms with van der Waals surface area (Å²) in [5.41, 5.74) is 1.15. The van der Waals surface area contributed by atoms with Gasteiger partial charge in [-0.1, -0.05) is 48.7 Å². The van der Waals surface area contributed by atoms with E-state index in [-0.39, 0.29) is 11.9 Å². The number of fused-ring (bicyclic) bond motifs is 1. The first-order valence-electron chi connectivity index (χ1n) is 12.0. The van der Waals surface area contributed by atoms with Crippen molar-refractivity contribution in [1.29, 1.82) is 0 Å². The van der Waals surface area contributed by atoms with Crippen molar-refractivity contribution >= 4 is 29.1 Å². The van der Waals surface area contributed by atoms with Crippen LogP contribution < -0.4 is 19.7 Å². The molecule has 1 fully saturated rings. The molecule has 0 aromatic heterocycles. The molecule has 186 valence electrons. The van der Waals surface area contributed by atoms with E-state index in [1.165, 1.54) is 29.2 Å². The number of carbonyl (C=O) groups is 2. The van der Waals surface area contributed by atoms with Gasteiger partial charge in [0.05, 0.1) is 10.7 Å². The Morgan fingerprint density at radius 2 is 1.64 bits per heavy atom. The largest absolute Gasteiger partial charge is 0.486 e. The van der Waals surface area contributed by atoms with Crippen molar-refractivity contribution < 1.29 is 23.5 Å². The molecule has 0 spiro atoms. The summed E-state index contributed by atoms with van der Waals surface area (Å²) in [7, 11) is 0. The summed E-state index contributed by atoms with van der Waals surface area (Å²) in [6, 6.07) is 16.3. The Balaban J connectivity index is 1.61. The molecule has 5 rings (SSSR count). The predicted molar refractivity (Wildman–Crippen MR) is 135 cm³/mol. The van der Waals surface area contributed by atoms with Crippen molar-refractivity contribution in [2.24, 2.45) is 0 Å². The molecule has 0 bridgehead atoms. The van der Waals surface area contributed by atoms with Gasteiger partial charge in [-0.05, 0) is 60.9 Å². The van der Waals surface area contributed by atoms with Crippen molar-refractivity contribution in [3.63, 3.8) is 0 Å². The van der Waals surface area contributed by atoms with Crippen molar-refractivity contribution in [2.45, 2.75) is 37.8 Å². The zero-order chi connectivity index (χ0) is 25.1. The highest BCUT2D eigenvalue weighted by Crippen LogP contribution is 2.37. The van der Waals surface area contributed by atoms with Crippen LogP contribution in [0.25, 0.3) is 0 Å². The van der Waals surface area contributed by atoms with Gasteiger partial charge in [-0.3, -0.25) is 14.5 Å². The van der Waals surface area contributed by atoms with Gasteiger partial charge in [0, 0.05) is 11.6 Å². The maximum absolute atomic E-state index is 14.1. The normalized spacial score (nSPS) is 15.8. The van der Waals surface area contributed by atoms with Gasteiger partial charge < -0.3 is 14.8 Å². The topological polar surface area (TPSA) is 67.9 Å². The molecule has 0 unspecified atom stereocenters. The minimum atomic E-state index is -1.08. The van der Waals surface area contributed by atoms with Crippen LogP contribution in [0.4, 0.5) is 10.1 Å². The van der Waals surface area contributed by atoms with E-state index in [0.717, 1.165) is 25.7 Å². The molecular formula is C28H26ClFN2O4. The van der Waals surface area contributed by atoms with Gasteiger partial charge >= 0.3 is 0 Å². The maximum atomic E-state index is 14.1. The van der Waals surface area contributed by atoms with E-state index in [4.69, 9.17) is 21.1 Å². The third-order valence-corrected chi connectivity index (χ3v) is 6.83. The van der Waals surface area contributed by atoms with Gasteiger partial charge in [0.2, 0.25) is 5.91 Å². The minimum absolute atomic E-state index is 0.0259. The predicted octanol–water partition coefficient (Wildman–Crippen LogP) is 5.70. The molecule has 2 amide bonds. The fraction of sp³-hybridized carbons (Fsp3) is 0.286. The van der Waals surface area contributed by atoms with Crippen LogP contribution in [0, 0.1) is 5.82 Å². The van der Waals surface area contributed by atoms with E-state index in [2.05, 4.69) is 5.32 Å². The summed E-state index contributed by atoms with van der Waals surface area (Å²) in [5.74, 6) is -0.220. The standard InChI is InChI=1S/C28H26ClFN2O4/c29-22-7-3-4-8-23(22)32(28(34)19-11-14-24-25(17-19)36-16-15-35-24)26(18-9-12-20(30)13-10-18)27(33)31-21-5-1-2-6-21/h3-4,7-14,17,21,26H,1-2,5-6,15-16H2,(H,31,33)/t26-/m1/s1. The first-order valence-corrected chi connectivity index (χ1v) is 12.4. The van der Waals surface area contributed by atoms with Gasteiger partial charge in [0.1, 0.15) is 25.1 Å². The molecule has 1 aliphatic carbocycles. The summed E-state index contributed by atoms with van der Waals surface area (Å²) in [6.45, 7) is 0.806. The molecule has 36 heavy (non-hydrogen) atoms. The number of anilines is 1. The van der Waals surface area contributed by atoms with Crippen LogP contribution in [0.1, 0.15) is 47.6 Å². The SMILES string of the molecule is O=C(NC1CCCC1)[C@@H](c1ccc(F)cc1)N(C(=O)c1ccc2c(c1)OCCO2)c1ccccc1Cl. The number of carbonyl (C=O) groups excluding carboxylic acids is 2. The second-order valence-corrected chi connectivity index (χ2v) is 9.34. The van der Waals surface area contributed by atoms with Crippen LogP contribution in [0.2, 0.25) is 5.02 Å². The molecular weight excluding hydrogens is 483 g/mol. The number of nitrogens with one attached hydrogen (secondary N) is 1. The number of hydrogen-bond donors (Lipinski definition) is 1. The molecule has 1 N–H and O–H groups in total. The number of ether oxygens (including phenoxy) is 2. The van der Waals surface area contributed by atoms with Crippen molar-refractivity contribution in [3.05, 3.63) is 88.7 Å². The molecule has 1 atom stereocenters. The Bertz CT molecular complexity index is 1260. The lowest BCUT2D eigenvalue weighted by Gasteiger charge is -2.33. The van der Waals surface area contributed by atoms with Crippen molar-refractivity contribution in [3.8, 4) is 11.5 Å². The van der Waals surface area contributed by atoms with Gasteiger partial charge in [0.25, 0.3) is 5.91 Å². The molecule has 2 aliphatic rings. The average molecular weight is 509 g/mol. The van der Waals surface area contributed by atoms with Crippen LogP contribution in [0.3, 0.4) is 0 Å². The lowest BCUT2D eigenvalue weighted by molar-refractivity contribution is -0.123. The molecule has 8 heteroatoms. The minimum Gasteiger partial charge on any atom is -0.486 e. The smallest absolute Gasteiger partial charge is 0.259 e. The van der Waals surface area contributed by atoms with Crippen LogP contribution in [0.5, 0.6) is 11.5 Å². The third kappa shape index (κ3) is 5.02. The van der Waals surface area contributed by atoms with Crippen molar-refractivity contribution in [2.75, 3.05) is 18.1 Å². The summed E-state index contributed by atoms with van der Waals surface area (Å²) >= 11 is 6.57. The summed E-state index contributed by atoms with van der Waals surface area (Å²) < 4.78 is 25.1. The van der Waals surface area contributed by atoms with E-state index in [1.807, 2.05) is 0 Å². The Hall–Kier alpha value is -3.58. The molecule has 1 saturated carbocycles. The summed E-state index contributed by atoms with van der Waals surface area (Å²) in [6.07, 6.45) is 3.83. The highest BCUT2D eigenvalue weighted by atomic mass is 35.5. The van der Waals surface area contributed by atoms with E-state index in [0.29, 0.717) is 46.5 Å².